The standard InChI is InChI=1S/C2H2F3S3/c1-2(6-3,7-4)8-5/h1H2. The van der Waals surface area contributed by atoms with Gasteiger partial charge in [-0.2, -0.15) is 11.7 Å². The Morgan fingerprint density at radius 2 is 1.25 bits per heavy atom. The van der Waals surface area contributed by atoms with E-state index < -0.39 is 39.9 Å². The fourth-order valence-corrected chi connectivity index (χ4v) is 0.321. The highest BCUT2D eigenvalue weighted by Gasteiger charge is 2.30. The van der Waals surface area contributed by atoms with Crippen molar-refractivity contribution in [2.75, 3.05) is 0 Å². The minimum Gasteiger partial charge on any atom is -0.163 e. The summed E-state index contributed by atoms with van der Waals surface area (Å²) in [5.41, 5.74) is 0. The first-order valence-corrected chi connectivity index (χ1v) is 3.58. The maximum atomic E-state index is 11.4. The summed E-state index contributed by atoms with van der Waals surface area (Å²) < 4.78 is 32.2. The van der Waals surface area contributed by atoms with Crippen molar-refractivity contribution in [1.82, 2.24) is 0 Å². The Kier molecular flexibility index (Phi) is 4.19. The van der Waals surface area contributed by atoms with Gasteiger partial charge in [-0.1, -0.05) is 0 Å². The van der Waals surface area contributed by atoms with Gasteiger partial charge in [-0.15, -0.1) is 0 Å². The minimum atomic E-state index is -1.88. The Labute approximate surface area is 58.9 Å². The van der Waals surface area contributed by atoms with Crippen molar-refractivity contribution >= 4 is 36.4 Å². The van der Waals surface area contributed by atoms with Crippen LogP contribution >= 0.6 is 36.4 Å². The molecule has 0 spiro atoms. The Morgan fingerprint density at radius 3 is 1.25 bits per heavy atom. The second-order valence-electron chi connectivity index (χ2n) is 0.914. The molecule has 6 heteroatoms. The summed E-state index contributed by atoms with van der Waals surface area (Å²) >= 11 is -1.39. The zero-order valence-electron chi connectivity index (χ0n) is 3.57. The lowest BCUT2D eigenvalue weighted by Crippen LogP contribution is -2.01. The zero-order chi connectivity index (χ0) is 6.62. The number of hydrogen-bond acceptors (Lipinski definition) is 3. The van der Waals surface area contributed by atoms with Gasteiger partial charge in [0.25, 0.3) is 0 Å². The number of halogens is 3. The van der Waals surface area contributed by atoms with Gasteiger partial charge in [-0.25, -0.2) is 0 Å². The summed E-state index contributed by atoms with van der Waals surface area (Å²) in [6, 6.07) is 0. The van der Waals surface area contributed by atoms with Crippen molar-refractivity contribution in [2.45, 2.75) is 3.41 Å². The molecule has 0 N–H and O–H groups in total. The molecule has 0 rings (SSSR count). The van der Waals surface area contributed by atoms with Crippen molar-refractivity contribution in [3.63, 3.8) is 0 Å². The molecular weight excluding hydrogens is 177 g/mol. The first kappa shape index (κ1) is 8.84. The van der Waals surface area contributed by atoms with E-state index in [0.29, 0.717) is 0 Å². The second-order valence-corrected chi connectivity index (χ2v) is 4.24. The molecule has 0 bridgehead atoms. The van der Waals surface area contributed by atoms with E-state index in [9.17, 15) is 11.7 Å². The highest BCUT2D eigenvalue weighted by atomic mass is 32.3. The molecule has 0 fully saturated rings. The Balaban J connectivity index is 3.58. The summed E-state index contributed by atoms with van der Waals surface area (Å²) in [6.45, 7) is 2.89. The van der Waals surface area contributed by atoms with Crippen LogP contribution < -0.4 is 0 Å². The maximum absolute atomic E-state index is 11.4. The van der Waals surface area contributed by atoms with Gasteiger partial charge in [0.05, 0.1) is 36.4 Å². The Bertz CT molecular complexity index is 55.3. The van der Waals surface area contributed by atoms with Gasteiger partial charge in [0.15, 0.2) is 3.41 Å². The monoisotopic (exact) mass is 179 g/mol. The van der Waals surface area contributed by atoms with Crippen LogP contribution in [-0.2, 0) is 0 Å². The van der Waals surface area contributed by atoms with Gasteiger partial charge in [0.2, 0.25) is 0 Å². The average molecular weight is 179 g/mol. The van der Waals surface area contributed by atoms with E-state index >= 15 is 0 Å². The molecule has 0 aromatic rings. The van der Waals surface area contributed by atoms with E-state index in [1.54, 1.807) is 0 Å². The van der Waals surface area contributed by atoms with Crippen molar-refractivity contribution in [3.8, 4) is 0 Å². The largest absolute Gasteiger partial charge is 0.199 e. The predicted octanol–water partition coefficient (Wildman–Crippen LogP) is 3.33. The van der Waals surface area contributed by atoms with Gasteiger partial charge in [-0.05, 0) is 6.92 Å². The fraction of sp³-hybridized carbons (Fsp3) is 0.500. The third kappa shape index (κ3) is 2.41. The lowest BCUT2D eigenvalue weighted by atomic mass is 10.9. The summed E-state index contributed by atoms with van der Waals surface area (Å²) in [6.07, 6.45) is 0. The second kappa shape index (κ2) is 3.79. The quantitative estimate of drug-likeness (QED) is 0.610. The van der Waals surface area contributed by atoms with E-state index in [0.717, 1.165) is 0 Å². The lowest BCUT2D eigenvalue weighted by molar-refractivity contribution is 0.891. The molecule has 0 aliphatic rings. The highest BCUT2D eigenvalue weighted by molar-refractivity contribution is 8.29. The molecule has 0 atom stereocenters. The van der Waals surface area contributed by atoms with E-state index in [-0.39, 0.29) is 0 Å². The summed E-state index contributed by atoms with van der Waals surface area (Å²) in [4.78, 5) is 0. The molecular formula is C2H2F3S3. The smallest absolute Gasteiger partial charge is 0.163 e. The van der Waals surface area contributed by atoms with Crippen molar-refractivity contribution < 1.29 is 11.7 Å². The van der Waals surface area contributed by atoms with Gasteiger partial charge >= 0.3 is 0 Å². The molecule has 0 heterocycles. The van der Waals surface area contributed by atoms with Gasteiger partial charge < -0.3 is 0 Å². The topological polar surface area (TPSA) is 0 Å². The average Bonchev–Trinajstić information content (AvgIpc) is 1.87. The van der Waals surface area contributed by atoms with Crippen LogP contribution in [0, 0.1) is 6.92 Å². The van der Waals surface area contributed by atoms with Gasteiger partial charge in [0.1, 0.15) is 0 Å². The van der Waals surface area contributed by atoms with E-state index in [1.807, 2.05) is 0 Å². The van der Waals surface area contributed by atoms with Gasteiger partial charge in [0, 0.05) is 0 Å². The van der Waals surface area contributed by atoms with E-state index in [4.69, 9.17) is 0 Å². The zero-order valence-corrected chi connectivity index (χ0v) is 6.02. The van der Waals surface area contributed by atoms with Crippen LogP contribution in [0.15, 0.2) is 0 Å². The SMILES string of the molecule is [CH2]C(SF)(SF)SF. The molecule has 0 saturated carbocycles. The van der Waals surface area contributed by atoms with Crippen LogP contribution in [0.3, 0.4) is 0 Å². The Hall–Kier alpha value is 0.840. The van der Waals surface area contributed by atoms with Crippen molar-refractivity contribution in [3.05, 3.63) is 6.92 Å². The third-order valence-electron chi connectivity index (χ3n) is 0.353. The maximum Gasteiger partial charge on any atom is 0.199 e. The van der Waals surface area contributed by atoms with E-state index in [1.165, 1.54) is 0 Å². The van der Waals surface area contributed by atoms with Crippen LogP contribution in [0.5, 0.6) is 0 Å². The molecule has 0 nitrogen and oxygen atoms in total. The molecule has 0 unspecified atom stereocenters. The molecule has 0 amide bonds. The molecule has 49 valence electrons. The molecule has 0 saturated heterocycles. The molecule has 0 aliphatic heterocycles. The third-order valence-corrected chi connectivity index (χ3v) is 2.19. The van der Waals surface area contributed by atoms with Crippen LogP contribution in [0.2, 0.25) is 0 Å². The normalized spacial score (nSPS) is 12.0. The molecule has 0 aliphatic carbocycles. The molecule has 1 radical (unpaired) electrons. The fourth-order valence-electron chi connectivity index (χ4n) is 0.0357. The number of rotatable bonds is 3. The van der Waals surface area contributed by atoms with Crippen LogP contribution in [0.4, 0.5) is 11.7 Å². The summed E-state index contributed by atoms with van der Waals surface area (Å²) in [5, 5.41) is 0. The molecule has 0 aromatic carbocycles. The van der Waals surface area contributed by atoms with Gasteiger partial charge in [-0.3, -0.25) is 0 Å². The highest BCUT2D eigenvalue weighted by Crippen LogP contribution is 2.47. The van der Waals surface area contributed by atoms with E-state index in [2.05, 4.69) is 6.92 Å². The first-order chi connectivity index (χ1) is 3.68. The van der Waals surface area contributed by atoms with Crippen LogP contribution in [0.1, 0.15) is 0 Å². The van der Waals surface area contributed by atoms with Crippen LogP contribution in [0.25, 0.3) is 0 Å². The lowest BCUT2D eigenvalue weighted by Gasteiger charge is -2.09. The molecule has 0 aromatic heterocycles. The first-order valence-electron chi connectivity index (χ1n) is 1.43. The van der Waals surface area contributed by atoms with Crippen LogP contribution in [-0.4, -0.2) is 3.41 Å². The number of hydrogen-bond donors (Lipinski definition) is 0. The minimum absolute atomic E-state index is 0.463. The van der Waals surface area contributed by atoms with Crippen molar-refractivity contribution in [1.29, 1.82) is 0 Å². The predicted molar refractivity (Wildman–Crippen MR) is 34.2 cm³/mol. The molecule has 8 heavy (non-hydrogen) atoms. The summed E-state index contributed by atoms with van der Waals surface area (Å²) in [7, 11) is 0. The van der Waals surface area contributed by atoms with Crippen molar-refractivity contribution in [2.24, 2.45) is 0 Å². The Morgan fingerprint density at radius 1 is 1.00 bits per heavy atom. The summed E-state index contributed by atoms with van der Waals surface area (Å²) in [5.74, 6) is 0.